The highest BCUT2D eigenvalue weighted by atomic mass is 79.9. The number of halogens is 3. The first-order valence-electron chi connectivity index (χ1n) is 10.0. The average Bonchev–Trinajstić information content (AvgIpc) is 3.39. The van der Waals surface area contributed by atoms with Crippen molar-refractivity contribution in [3.63, 3.8) is 0 Å². The number of nitrogens with two attached hydrogens (primary N) is 1. The highest BCUT2D eigenvalue weighted by Crippen LogP contribution is 2.27. The van der Waals surface area contributed by atoms with Gasteiger partial charge >= 0.3 is 12.7 Å². The van der Waals surface area contributed by atoms with Crippen LogP contribution in [0.3, 0.4) is 0 Å². The summed E-state index contributed by atoms with van der Waals surface area (Å²) in [6.07, 6.45) is 2.05. The maximum absolute atomic E-state index is 13.4. The lowest BCUT2D eigenvalue weighted by Gasteiger charge is -2.20. The quantitative estimate of drug-likeness (QED) is 0.406. The van der Waals surface area contributed by atoms with E-state index in [4.69, 9.17) is 10.5 Å². The second-order valence-corrected chi connectivity index (χ2v) is 8.56. The lowest BCUT2D eigenvalue weighted by molar-refractivity contribution is -0.137. The van der Waals surface area contributed by atoms with Gasteiger partial charge in [0, 0.05) is 10.7 Å². The van der Waals surface area contributed by atoms with Crippen molar-refractivity contribution in [2.75, 3.05) is 6.61 Å². The van der Waals surface area contributed by atoms with E-state index in [-0.39, 0.29) is 12.5 Å². The predicted octanol–water partition coefficient (Wildman–Crippen LogP) is 5.05. The molecule has 0 aliphatic carbocycles. The first kappa shape index (κ1) is 24.6. The number of nitrogens with zero attached hydrogens (tertiary/aromatic N) is 2. The normalized spacial score (nSPS) is 12.3. The number of nitrogens with one attached hydrogen (secondary N) is 1. The second-order valence-electron chi connectivity index (χ2n) is 7.65. The van der Waals surface area contributed by atoms with Gasteiger partial charge < -0.3 is 20.2 Å². The smallest absolute Gasteiger partial charge is 0.404 e. The summed E-state index contributed by atoms with van der Waals surface area (Å²) in [5.41, 5.74) is 7.36. The highest BCUT2D eigenvalue weighted by Gasteiger charge is 2.28. The molecule has 8 nitrogen and oxygen atoms in total. The molecule has 1 aromatic carbocycles. The molecule has 0 saturated heterocycles. The van der Waals surface area contributed by atoms with Crippen LogP contribution in [0.1, 0.15) is 24.2 Å². The molecule has 176 valence electrons. The summed E-state index contributed by atoms with van der Waals surface area (Å²) in [5.74, 6) is -0.940. The molecule has 2 heterocycles. The number of benzene rings is 1. The molecule has 0 saturated carbocycles. The molecule has 1 unspecified atom stereocenters. The topological polar surface area (TPSA) is 112 Å². The summed E-state index contributed by atoms with van der Waals surface area (Å²) in [5, 5.41) is 0. The zero-order valence-corrected chi connectivity index (χ0v) is 19.5. The van der Waals surface area contributed by atoms with Gasteiger partial charge in [-0.25, -0.2) is 9.78 Å². The molecular weight excluding hydrogens is 502 g/mol. The highest BCUT2D eigenvalue weighted by molar-refractivity contribution is 9.10. The number of imidazole rings is 1. The molecule has 11 heteroatoms. The maximum Gasteiger partial charge on any atom is 0.404 e. The summed E-state index contributed by atoms with van der Waals surface area (Å²) in [7, 11) is 0. The third-order valence-electron chi connectivity index (χ3n) is 4.99. The number of rotatable bonds is 9. The van der Waals surface area contributed by atoms with E-state index in [0.29, 0.717) is 22.8 Å². The van der Waals surface area contributed by atoms with Crippen LogP contribution >= 0.6 is 15.9 Å². The number of carbonyl (C=O) groups excluding carboxylic acids is 2. The number of amides is 1. The zero-order chi connectivity index (χ0) is 24.1. The Hall–Kier alpha value is -3.05. The fourth-order valence-corrected chi connectivity index (χ4v) is 3.51. The molecule has 3 N–H and O–H groups in total. The Morgan fingerprint density at radius 1 is 1.24 bits per heavy atom. The molecule has 2 aromatic heterocycles. The van der Waals surface area contributed by atoms with Crippen LogP contribution in [0.15, 0.2) is 47.2 Å². The first-order chi connectivity index (χ1) is 15.7. The molecule has 0 radical (unpaired) electrons. The maximum atomic E-state index is 13.4. The van der Waals surface area contributed by atoms with E-state index >= 15 is 0 Å². The Balaban J connectivity index is 1.98. The third kappa shape index (κ3) is 6.26. The summed E-state index contributed by atoms with van der Waals surface area (Å²) in [6, 6.07) is 9.10. The van der Waals surface area contributed by atoms with E-state index in [1.54, 1.807) is 26.1 Å². The van der Waals surface area contributed by atoms with Gasteiger partial charge in [0.15, 0.2) is 5.82 Å². The SMILES string of the molecule is CC(C)C(COC(N)=O)C(=O)n1cc(COC(F)F)cc1-c1ncc(-c2ccc(Br)cc2)[nH]1. The molecule has 1 amide bonds. The van der Waals surface area contributed by atoms with Gasteiger partial charge in [0.05, 0.1) is 30.1 Å². The third-order valence-corrected chi connectivity index (χ3v) is 5.52. The van der Waals surface area contributed by atoms with Crippen molar-refractivity contribution in [1.29, 1.82) is 0 Å². The zero-order valence-electron chi connectivity index (χ0n) is 17.9. The number of hydrogen-bond acceptors (Lipinski definition) is 5. The Kier molecular flexibility index (Phi) is 7.98. The van der Waals surface area contributed by atoms with Crippen molar-refractivity contribution in [2.24, 2.45) is 17.6 Å². The molecule has 3 aromatic rings. The number of alkyl halides is 2. The Labute approximate surface area is 197 Å². The van der Waals surface area contributed by atoms with Crippen LogP contribution in [-0.2, 0) is 16.1 Å². The van der Waals surface area contributed by atoms with Crippen LogP contribution in [0.5, 0.6) is 0 Å². The molecule has 0 aliphatic heterocycles. The molecule has 0 spiro atoms. The standard InChI is InChI=1S/C22H23BrF2N4O4/c1-12(2)16(11-33-22(26)31)20(30)29-9-13(10-32-21(24)25)7-18(29)19-27-8-17(28-19)14-3-5-15(23)6-4-14/h3-9,12,16,21H,10-11H2,1-2H3,(H2,26,31)(H,27,28). The number of hydrogen-bond donors (Lipinski definition) is 2. The minimum atomic E-state index is -2.95. The first-order valence-corrected chi connectivity index (χ1v) is 10.8. The number of aromatic amines is 1. The molecule has 1 atom stereocenters. The largest absolute Gasteiger partial charge is 0.449 e. The van der Waals surface area contributed by atoms with Crippen LogP contribution in [0.25, 0.3) is 22.8 Å². The fourth-order valence-electron chi connectivity index (χ4n) is 3.25. The van der Waals surface area contributed by atoms with Gasteiger partial charge in [-0.3, -0.25) is 9.36 Å². The lowest BCUT2D eigenvalue weighted by atomic mass is 9.95. The number of H-pyrrole nitrogens is 1. The van der Waals surface area contributed by atoms with Gasteiger partial charge in [-0.1, -0.05) is 41.9 Å². The van der Waals surface area contributed by atoms with Crippen molar-refractivity contribution < 1.29 is 27.8 Å². The van der Waals surface area contributed by atoms with Gasteiger partial charge in [0.2, 0.25) is 5.91 Å². The Bertz CT molecular complexity index is 1110. The molecule has 33 heavy (non-hydrogen) atoms. The van der Waals surface area contributed by atoms with Crippen molar-refractivity contribution in [2.45, 2.75) is 27.1 Å². The van der Waals surface area contributed by atoms with E-state index in [2.05, 4.69) is 30.6 Å². The van der Waals surface area contributed by atoms with E-state index in [0.717, 1.165) is 10.0 Å². The van der Waals surface area contributed by atoms with Crippen LogP contribution in [0.2, 0.25) is 0 Å². The van der Waals surface area contributed by atoms with Crippen molar-refractivity contribution >= 4 is 27.9 Å². The summed E-state index contributed by atoms with van der Waals surface area (Å²) >= 11 is 3.39. The van der Waals surface area contributed by atoms with Crippen LogP contribution in [0.4, 0.5) is 13.6 Å². The van der Waals surface area contributed by atoms with E-state index < -0.39 is 31.1 Å². The van der Waals surface area contributed by atoms with Gasteiger partial charge in [-0.15, -0.1) is 0 Å². The summed E-state index contributed by atoms with van der Waals surface area (Å²) in [6.45, 7) is 0.0435. The second kappa shape index (κ2) is 10.7. The van der Waals surface area contributed by atoms with Gasteiger partial charge in [0.1, 0.15) is 6.61 Å². The van der Waals surface area contributed by atoms with Crippen molar-refractivity contribution in [3.8, 4) is 22.8 Å². The minimum absolute atomic E-state index is 0.192. The van der Waals surface area contributed by atoms with Crippen LogP contribution < -0.4 is 5.73 Å². The molecule has 0 bridgehead atoms. The molecular formula is C22H23BrF2N4O4. The molecule has 3 rings (SSSR count). The monoisotopic (exact) mass is 524 g/mol. The average molecular weight is 525 g/mol. The fraction of sp³-hybridized carbons (Fsp3) is 0.318. The number of primary amides is 1. The van der Waals surface area contributed by atoms with E-state index in [1.807, 2.05) is 24.3 Å². The minimum Gasteiger partial charge on any atom is -0.449 e. The van der Waals surface area contributed by atoms with Crippen molar-refractivity contribution in [3.05, 3.63) is 52.8 Å². The Morgan fingerprint density at radius 3 is 2.55 bits per heavy atom. The summed E-state index contributed by atoms with van der Waals surface area (Å²) < 4.78 is 36.6. The Morgan fingerprint density at radius 2 is 1.94 bits per heavy atom. The van der Waals surface area contributed by atoms with Gasteiger partial charge in [-0.2, -0.15) is 8.78 Å². The lowest BCUT2D eigenvalue weighted by Crippen LogP contribution is -2.32. The molecule has 0 fully saturated rings. The van der Waals surface area contributed by atoms with E-state index in [1.165, 1.54) is 10.8 Å². The van der Waals surface area contributed by atoms with Gasteiger partial charge in [-0.05, 0) is 35.2 Å². The van der Waals surface area contributed by atoms with Crippen molar-refractivity contribution in [1.82, 2.24) is 14.5 Å². The molecule has 0 aliphatic rings. The predicted molar refractivity (Wildman–Crippen MR) is 120 cm³/mol. The van der Waals surface area contributed by atoms with Crippen LogP contribution in [0, 0.1) is 11.8 Å². The number of aromatic nitrogens is 3. The van der Waals surface area contributed by atoms with Crippen LogP contribution in [-0.4, -0.2) is 39.8 Å². The summed E-state index contributed by atoms with van der Waals surface area (Å²) in [4.78, 5) is 32.0. The van der Waals surface area contributed by atoms with E-state index in [9.17, 15) is 18.4 Å². The number of ether oxygens (including phenoxy) is 2. The number of carbonyl (C=O) groups is 2. The van der Waals surface area contributed by atoms with Gasteiger partial charge in [0.25, 0.3) is 0 Å².